The van der Waals surface area contributed by atoms with Gasteiger partial charge in [-0.2, -0.15) is 0 Å². The van der Waals surface area contributed by atoms with Gasteiger partial charge in [0.25, 0.3) is 0 Å². The smallest absolute Gasteiger partial charge is 0.154 e. The minimum absolute atomic E-state index is 0.648. The maximum absolute atomic E-state index is 5.46. The van der Waals surface area contributed by atoms with Crippen LogP contribution in [0.15, 0.2) is 29.0 Å². The maximum atomic E-state index is 5.46. The Morgan fingerprint density at radius 3 is 3.37 bits per heavy atom. The van der Waals surface area contributed by atoms with E-state index in [-0.39, 0.29) is 0 Å². The Balaban J connectivity index is 1.62. The predicted molar refractivity (Wildman–Crippen MR) is 75.4 cm³/mol. The van der Waals surface area contributed by atoms with Gasteiger partial charge in [-0.1, -0.05) is 0 Å². The summed E-state index contributed by atoms with van der Waals surface area (Å²) >= 11 is 0. The van der Waals surface area contributed by atoms with E-state index < -0.39 is 0 Å². The van der Waals surface area contributed by atoms with E-state index in [9.17, 15) is 0 Å². The summed E-state index contributed by atoms with van der Waals surface area (Å²) in [6.07, 6.45) is 7.66. The molecule has 2 fully saturated rings. The largest absolute Gasteiger partial charge is 0.463 e. The van der Waals surface area contributed by atoms with Crippen molar-refractivity contribution in [3.63, 3.8) is 0 Å². The fraction of sp³-hybridized carbons (Fsp3) is 0.533. The van der Waals surface area contributed by atoms with Gasteiger partial charge in [0, 0.05) is 31.3 Å². The maximum Gasteiger partial charge on any atom is 0.154 e. The topological polar surface area (TPSA) is 41.3 Å². The number of fused-ring (bicyclic) bond motifs is 2. The summed E-state index contributed by atoms with van der Waals surface area (Å²) in [5, 5.41) is 3.64. The highest BCUT2D eigenvalue weighted by atomic mass is 16.3. The van der Waals surface area contributed by atoms with Crippen molar-refractivity contribution in [1.82, 2.24) is 10.3 Å². The van der Waals surface area contributed by atoms with Crippen molar-refractivity contribution in [2.45, 2.75) is 25.3 Å². The molecule has 19 heavy (non-hydrogen) atoms. The third-order valence-corrected chi connectivity index (χ3v) is 4.56. The lowest BCUT2D eigenvalue weighted by atomic mass is 9.97. The van der Waals surface area contributed by atoms with Gasteiger partial charge in [0.2, 0.25) is 0 Å². The standard InChI is InChI=1S/C15H19N3O/c1-2-11-3-5-16-14(11)10-18(6-1)12-8-15-13(17-9-12)4-7-19-15/h4,7-9,11,14,16H,1-3,5-6,10H2/t11-,14-/m1/s1. The molecule has 4 heteroatoms. The van der Waals surface area contributed by atoms with Gasteiger partial charge in [-0.05, 0) is 31.7 Å². The second-order valence-corrected chi connectivity index (χ2v) is 5.70. The fourth-order valence-electron chi connectivity index (χ4n) is 3.50. The quantitative estimate of drug-likeness (QED) is 0.851. The molecule has 2 aliphatic heterocycles. The minimum Gasteiger partial charge on any atom is -0.463 e. The summed E-state index contributed by atoms with van der Waals surface area (Å²) in [5.74, 6) is 0.866. The number of nitrogens with zero attached hydrogens (tertiary/aromatic N) is 2. The predicted octanol–water partition coefficient (Wildman–Crippen LogP) is 2.41. The second kappa shape index (κ2) is 4.53. The van der Waals surface area contributed by atoms with Crippen LogP contribution in [-0.4, -0.2) is 30.7 Å². The molecule has 4 nitrogen and oxygen atoms in total. The lowest BCUT2D eigenvalue weighted by Crippen LogP contribution is -2.38. The van der Waals surface area contributed by atoms with Crippen molar-refractivity contribution >= 4 is 16.8 Å². The molecule has 2 aromatic heterocycles. The van der Waals surface area contributed by atoms with Crippen molar-refractivity contribution in [1.29, 1.82) is 0 Å². The molecule has 0 amide bonds. The molecule has 2 aromatic rings. The summed E-state index contributed by atoms with van der Waals surface area (Å²) in [5.41, 5.74) is 3.02. The normalized spacial score (nSPS) is 27.5. The van der Waals surface area contributed by atoms with Crippen LogP contribution in [-0.2, 0) is 0 Å². The van der Waals surface area contributed by atoms with E-state index in [4.69, 9.17) is 4.42 Å². The Bertz CT molecular complexity index is 580. The Hall–Kier alpha value is -1.55. The molecule has 0 bridgehead atoms. The fourth-order valence-corrected chi connectivity index (χ4v) is 3.50. The van der Waals surface area contributed by atoms with E-state index in [1.165, 1.54) is 31.5 Å². The molecule has 2 aliphatic rings. The zero-order valence-electron chi connectivity index (χ0n) is 11.0. The third-order valence-electron chi connectivity index (χ3n) is 4.56. The van der Waals surface area contributed by atoms with Crippen LogP contribution in [0, 0.1) is 5.92 Å². The van der Waals surface area contributed by atoms with Crippen LogP contribution in [0.5, 0.6) is 0 Å². The van der Waals surface area contributed by atoms with E-state index >= 15 is 0 Å². The van der Waals surface area contributed by atoms with Crippen molar-refractivity contribution < 1.29 is 4.42 Å². The first kappa shape index (κ1) is 11.3. The Labute approximate surface area is 112 Å². The molecule has 0 unspecified atom stereocenters. The van der Waals surface area contributed by atoms with Crippen LogP contribution in [0.25, 0.3) is 11.1 Å². The summed E-state index contributed by atoms with van der Waals surface area (Å²) in [6, 6.07) is 4.68. The van der Waals surface area contributed by atoms with E-state index in [1.807, 2.05) is 12.3 Å². The van der Waals surface area contributed by atoms with Crippen LogP contribution >= 0.6 is 0 Å². The average molecular weight is 257 g/mol. The number of pyridine rings is 1. The van der Waals surface area contributed by atoms with Gasteiger partial charge in [0.1, 0.15) is 5.52 Å². The Kier molecular flexibility index (Phi) is 2.69. The van der Waals surface area contributed by atoms with Crippen LogP contribution < -0.4 is 10.2 Å². The molecule has 2 saturated heterocycles. The van der Waals surface area contributed by atoms with Gasteiger partial charge in [-0.25, -0.2) is 0 Å². The van der Waals surface area contributed by atoms with Crippen molar-refractivity contribution in [2.75, 3.05) is 24.5 Å². The molecule has 100 valence electrons. The van der Waals surface area contributed by atoms with Gasteiger partial charge in [-0.3, -0.25) is 4.98 Å². The molecule has 0 radical (unpaired) electrons. The van der Waals surface area contributed by atoms with Gasteiger partial charge in [0.15, 0.2) is 5.58 Å². The number of hydrogen-bond donors (Lipinski definition) is 1. The van der Waals surface area contributed by atoms with E-state index in [0.717, 1.165) is 30.1 Å². The lowest BCUT2D eigenvalue weighted by molar-refractivity contribution is 0.445. The van der Waals surface area contributed by atoms with Crippen LogP contribution in [0.2, 0.25) is 0 Å². The molecule has 0 aromatic carbocycles. The monoisotopic (exact) mass is 257 g/mol. The molecular weight excluding hydrogens is 238 g/mol. The zero-order valence-corrected chi connectivity index (χ0v) is 11.0. The lowest BCUT2D eigenvalue weighted by Gasteiger charge is -2.26. The Morgan fingerprint density at radius 1 is 1.37 bits per heavy atom. The van der Waals surface area contributed by atoms with Crippen LogP contribution in [0.4, 0.5) is 5.69 Å². The molecule has 4 heterocycles. The van der Waals surface area contributed by atoms with Gasteiger partial charge in [-0.15, -0.1) is 0 Å². The number of furan rings is 1. The first-order valence-corrected chi connectivity index (χ1v) is 7.22. The number of nitrogens with one attached hydrogen (secondary N) is 1. The highest BCUT2D eigenvalue weighted by Gasteiger charge is 2.30. The highest BCUT2D eigenvalue weighted by Crippen LogP contribution is 2.28. The molecule has 1 N–H and O–H groups in total. The van der Waals surface area contributed by atoms with Crippen LogP contribution in [0.1, 0.15) is 19.3 Å². The second-order valence-electron chi connectivity index (χ2n) is 5.70. The number of aromatic nitrogens is 1. The average Bonchev–Trinajstić information content (AvgIpc) is 3.02. The first-order valence-electron chi connectivity index (χ1n) is 7.22. The molecular formula is C15H19N3O. The summed E-state index contributed by atoms with van der Waals surface area (Å²) in [4.78, 5) is 6.93. The van der Waals surface area contributed by atoms with Gasteiger partial charge >= 0.3 is 0 Å². The van der Waals surface area contributed by atoms with E-state index in [2.05, 4.69) is 21.3 Å². The van der Waals surface area contributed by atoms with E-state index in [0.29, 0.717) is 6.04 Å². The van der Waals surface area contributed by atoms with Crippen molar-refractivity contribution in [3.05, 3.63) is 24.6 Å². The summed E-state index contributed by atoms with van der Waals surface area (Å²) < 4.78 is 5.46. The molecule has 2 atom stereocenters. The van der Waals surface area contributed by atoms with Crippen molar-refractivity contribution in [3.8, 4) is 0 Å². The summed E-state index contributed by atoms with van der Waals surface area (Å²) in [6.45, 7) is 3.40. The minimum atomic E-state index is 0.648. The molecule has 4 rings (SSSR count). The number of anilines is 1. The van der Waals surface area contributed by atoms with Crippen LogP contribution in [0.3, 0.4) is 0 Å². The Morgan fingerprint density at radius 2 is 2.37 bits per heavy atom. The molecule has 0 spiro atoms. The first-order chi connectivity index (χ1) is 9.40. The third kappa shape index (κ3) is 2.00. The molecule has 0 saturated carbocycles. The molecule has 0 aliphatic carbocycles. The van der Waals surface area contributed by atoms with Gasteiger partial charge < -0.3 is 14.6 Å². The zero-order chi connectivity index (χ0) is 12.7. The highest BCUT2D eigenvalue weighted by molar-refractivity contribution is 5.76. The van der Waals surface area contributed by atoms with Gasteiger partial charge in [0.05, 0.1) is 18.1 Å². The van der Waals surface area contributed by atoms with E-state index in [1.54, 1.807) is 6.26 Å². The number of hydrogen-bond acceptors (Lipinski definition) is 4. The number of rotatable bonds is 1. The van der Waals surface area contributed by atoms with Crippen molar-refractivity contribution in [2.24, 2.45) is 5.92 Å². The summed E-state index contributed by atoms with van der Waals surface area (Å²) in [7, 11) is 0. The SMILES string of the molecule is c1cc2ncc(N3CCC[C@@H]4CCN[C@@H]4C3)cc2o1.